The van der Waals surface area contributed by atoms with Crippen molar-refractivity contribution >= 4 is 40.0 Å². The van der Waals surface area contributed by atoms with Crippen LogP contribution in [-0.2, 0) is 0 Å². The maximum absolute atomic E-state index is 12.1. The Labute approximate surface area is 110 Å². The Morgan fingerprint density at radius 3 is 2.29 bits per heavy atom. The zero-order valence-electron chi connectivity index (χ0n) is 9.80. The summed E-state index contributed by atoms with van der Waals surface area (Å²) >= 11 is 12.0. The van der Waals surface area contributed by atoms with E-state index in [2.05, 4.69) is 0 Å². The fourth-order valence-corrected chi connectivity index (χ4v) is 1.95. The van der Waals surface area contributed by atoms with Crippen molar-refractivity contribution in [3.05, 3.63) is 34.0 Å². The number of fused-ring (bicyclic) bond motifs is 1. The monoisotopic (exact) mass is 270 g/mol. The van der Waals surface area contributed by atoms with Crippen LogP contribution in [0.1, 0.15) is 31.3 Å². The Balaban J connectivity index is 2.64. The van der Waals surface area contributed by atoms with Crippen LogP contribution in [0.2, 0.25) is 10.0 Å². The van der Waals surface area contributed by atoms with E-state index in [4.69, 9.17) is 27.6 Å². The largest absolute Gasteiger partial charge is 0.451 e. The molecule has 4 heteroatoms. The molecule has 0 aliphatic heterocycles. The van der Waals surface area contributed by atoms with Gasteiger partial charge in [0.15, 0.2) is 11.3 Å². The lowest BCUT2D eigenvalue weighted by molar-refractivity contribution is 0.0831. The van der Waals surface area contributed by atoms with Crippen molar-refractivity contribution in [1.82, 2.24) is 0 Å². The summed E-state index contributed by atoms with van der Waals surface area (Å²) in [5.41, 5.74) is -0.0286. The van der Waals surface area contributed by atoms with Crippen LogP contribution in [0, 0.1) is 5.41 Å². The third-order valence-electron chi connectivity index (χ3n) is 2.49. The van der Waals surface area contributed by atoms with Gasteiger partial charge < -0.3 is 4.42 Å². The SMILES string of the molecule is CC(C)(C)C(=O)c1cc2c(Cl)ccc(Cl)c2o1. The molecule has 0 N–H and O–H groups in total. The number of hydrogen-bond donors (Lipinski definition) is 0. The van der Waals surface area contributed by atoms with E-state index in [1.165, 1.54) is 0 Å². The van der Waals surface area contributed by atoms with Gasteiger partial charge in [0.25, 0.3) is 0 Å². The third kappa shape index (κ3) is 2.20. The topological polar surface area (TPSA) is 30.2 Å². The van der Waals surface area contributed by atoms with Crippen molar-refractivity contribution in [3.8, 4) is 0 Å². The van der Waals surface area contributed by atoms with E-state index in [-0.39, 0.29) is 5.78 Å². The van der Waals surface area contributed by atoms with Crippen LogP contribution in [0.3, 0.4) is 0 Å². The van der Waals surface area contributed by atoms with Crippen LogP contribution in [0.15, 0.2) is 22.6 Å². The summed E-state index contributed by atoms with van der Waals surface area (Å²) in [6.07, 6.45) is 0. The molecular weight excluding hydrogens is 259 g/mol. The zero-order chi connectivity index (χ0) is 12.8. The number of halogens is 2. The second-order valence-electron chi connectivity index (χ2n) is 4.96. The molecule has 0 bridgehead atoms. The fourth-order valence-electron chi connectivity index (χ4n) is 1.54. The van der Waals surface area contributed by atoms with Crippen molar-refractivity contribution in [2.24, 2.45) is 5.41 Å². The minimum Gasteiger partial charge on any atom is -0.451 e. The Morgan fingerprint density at radius 2 is 1.76 bits per heavy atom. The zero-order valence-corrected chi connectivity index (χ0v) is 11.3. The van der Waals surface area contributed by atoms with Gasteiger partial charge in [0.05, 0.1) is 10.0 Å². The summed E-state index contributed by atoms with van der Waals surface area (Å²) in [7, 11) is 0. The van der Waals surface area contributed by atoms with Crippen LogP contribution in [-0.4, -0.2) is 5.78 Å². The fraction of sp³-hybridized carbons (Fsp3) is 0.308. The lowest BCUT2D eigenvalue weighted by Crippen LogP contribution is -2.19. The van der Waals surface area contributed by atoms with Gasteiger partial charge in [-0.05, 0) is 18.2 Å². The van der Waals surface area contributed by atoms with Crippen LogP contribution >= 0.6 is 23.2 Å². The molecule has 2 rings (SSSR count). The highest BCUT2D eigenvalue weighted by atomic mass is 35.5. The summed E-state index contributed by atoms with van der Waals surface area (Å²) in [4.78, 5) is 12.1. The maximum Gasteiger partial charge on any atom is 0.203 e. The van der Waals surface area contributed by atoms with E-state index < -0.39 is 5.41 Å². The normalized spacial score (nSPS) is 12.1. The van der Waals surface area contributed by atoms with Crippen LogP contribution < -0.4 is 0 Å². The third-order valence-corrected chi connectivity index (χ3v) is 3.11. The van der Waals surface area contributed by atoms with E-state index in [9.17, 15) is 4.79 Å². The lowest BCUT2D eigenvalue weighted by Gasteiger charge is -2.13. The Hall–Kier alpha value is -0.990. The van der Waals surface area contributed by atoms with Crippen molar-refractivity contribution in [2.45, 2.75) is 20.8 Å². The highest BCUT2D eigenvalue weighted by Crippen LogP contribution is 2.34. The molecular formula is C13H12Cl2O2. The van der Waals surface area contributed by atoms with Gasteiger partial charge >= 0.3 is 0 Å². The van der Waals surface area contributed by atoms with Crippen molar-refractivity contribution in [2.75, 3.05) is 0 Å². The highest BCUT2D eigenvalue weighted by Gasteiger charge is 2.26. The molecule has 0 radical (unpaired) electrons. The van der Waals surface area contributed by atoms with E-state index in [0.29, 0.717) is 26.8 Å². The molecule has 0 atom stereocenters. The Kier molecular flexibility index (Phi) is 2.96. The van der Waals surface area contributed by atoms with Gasteiger partial charge in [-0.1, -0.05) is 44.0 Å². The maximum atomic E-state index is 12.1. The van der Waals surface area contributed by atoms with Crippen molar-refractivity contribution < 1.29 is 9.21 Å². The number of carbonyl (C=O) groups is 1. The summed E-state index contributed by atoms with van der Waals surface area (Å²) in [6.45, 7) is 5.52. The molecule has 0 amide bonds. The minimum absolute atomic E-state index is 0.0687. The van der Waals surface area contributed by atoms with Gasteiger partial charge in [-0.3, -0.25) is 4.79 Å². The molecule has 0 saturated carbocycles. The number of rotatable bonds is 1. The standard InChI is InChI=1S/C13H12Cl2O2/c1-13(2,3)12(16)10-6-7-8(14)4-5-9(15)11(7)17-10/h4-6H,1-3H3. The number of Topliss-reactive ketones (excluding diaryl/α,β-unsaturated/α-hetero) is 1. The van der Waals surface area contributed by atoms with Crippen LogP contribution in [0.5, 0.6) is 0 Å². The van der Waals surface area contributed by atoms with E-state index in [1.54, 1.807) is 18.2 Å². The summed E-state index contributed by atoms with van der Waals surface area (Å²) in [5, 5.41) is 1.66. The summed E-state index contributed by atoms with van der Waals surface area (Å²) < 4.78 is 5.50. The molecule has 1 heterocycles. The second-order valence-corrected chi connectivity index (χ2v) is 5.78. The molecule has 2 nitrogen and oxygen atoms in total. The number of carbonyl (C=O) groups excluding carboxylic acids is 1. The molecule has 17 heavy (non-hydrogen) atoms. The molecule has 1 aromatic heterocycles. The Bertz CT molecular complexity index is 552. The predicted octanol–water partition coefficient (Wildman–Crippen LogP) is 4.97. The minimum atomic E-state index is -0.493. The average Bonchev–Trinajstić information content (AvgIpc) is 2.67. The molecule has 0 unspecified atom stereocenters. The van der Waals surface area contributed by atoms with Crippen LogP contribution in [0.25, 0.3) is 11.0 Å². The molecule has 0 spiro atoms. The van der Waals surface area contributed by atoms with Crippen molar-refractivity contribution in [1.29, 1.82) is 0 Å². The van der Waals surface area contributed by atoms with E-state index in [1.807, 2.05) is 20.8 Å². The molecule has 0 aliphatic rings. The quantitative estimate of drug-likeness (QED) is 0.685. The van der Waals surface area contributed by atoms with Gasteiger partial charge in [-0.15, -0.1) is 0 Å². The van der Waals surface area contributed by atoms with Gasteiger partial charge in [-0.2, -0.15) is 0 Å². The smallest absolute Gasteiger partial charge is 0.203 e. The van der Waals surface area contributed by atoms with Gasteiger partial charge in [0.1, 0.15) is 0 Å². The first-order valence-corrected chi connectivity index (χ1v) is 5.98. The number of furan rings is 1. The Morgan fingerprint density at radius 1 is 1.18 bits per heavy atom. The molecule has 0 saturated heterocycles. The highest BCUT2D eigenvalue weighted by molar-refractivity contribution is 6.39. The number of benzene rings is 1. The number of ketones is 1. The summed E-state index contributed by atoms with van der Waals surface area (Å²) in [6, 6.07) is 4.99. The molecule has 1 aromatic carbocycles. The van der Waals surface area contributed by atoms with Gasteiger partial charge in [0.2, 0.25) is 5.78 Å². The first-order valence-electron chi connectivity index (χ1n) is 5.23. The van der Waals surface area contributed by atoms with Crippen molar-refractivity contribution in [3.63, 3.8) is 0 Å². The first kappa shape index (κ1) is 12.5. The first-order chi connectivity index (χ1) is 7.80. The van der Waals surface area contributed by atoms with E-state index in [0.717, 1.165) is 0 Å². The van der Waals surface area contributed by atoms with E-state index >= 15 is 0 Å². The molecule has 90 valence electrons. The van der Waals surface area contributed by atoms with Crippen LogP contribution in [0.4, 0.5) is 0 Å². The second kappa shape index (κ2) is 4.04. The van der Waals surface area contributed by atoms with Gasteiger partial charge in [-0.25, -0.2) is 0 Å². The number of hydrogen-bond acceptors (Lipinski definition) is 2. The predicted molar refractivity (Wildman–Crippen MR) is 70.0 cm³/mol. The summed E-state index contributed by atoms with van der Waals surface area (Å²) in [5.74, 6) is 0.225. The molecule has 0 aliphatic carbocycles. The molecule has 2 aromatic rings. The molecule has 0 fully saturated rings. The average molecular weight is 271 g/mol. The lowest BCUT2D eigenvalue weighted by atomic mass is 9.89. The van der Waals surface area contributed by atoms with Gasteiger partial charge in [0, 0.05) is 10.8 Å².